The molecule has 1 saturated heterocycles. The number of rotatable bonds is 3. The Balaban J connectivity index is 1.62. The quantitative estimate of drug-likeness (QED) is 0.723. The molecule has 1 aliphatic carbocycles. The van der Waals surface area contributed by atoms with Gasteiger partial charge in [0.15, 0.2) is 0 Å². The Bertz CT molecular complexity index is 146. The van der Waals surface area contributed by atoms with Gasteiger partial charge >= 0.3 is 0 Å². The van der Waals surface area contributed by atoms with Crippen LogP contribution in [0.1, 0.15) is 51.4 Å². The largest absolute Gasteiger partial charge is 0.313 e. The van der Waals surface area contributed by atoms with E-state index in [2.05, 4.69) is 17.1 Å². The fourth-order valence-electron chi connectivity index (χ4n) is 2.59. The summed E-state index contributed by atoms with van der Waals surface area (Å²) in [5.74, 6) is 1.40. The molecule has 1 saturated carbocycles. The Morgan fingerprint density at radius 2 is 1.71 bits per heavy atom. The molecule has 0 aromatic carbocycles. The first-order valence-corrected chi connectivity index (χ1v) is 7.35. The Hall–Kier alpha value is 0.310. The van der Waals surface area contributed by atoms with E-state index in [9.17, 15) is 0 Å². The van der Waals surface area contributed by atoms with Gasteiger partial charge in [0.05, 0.1) is 0 Å². The van der Waals surface area contributed by atoms with E-state index in [1.807, 2.05) is 0 Å². The van der Waals surface area contributed by atoms with Crippen molar-refractivity contribution in [1.29, 1.82) is 0 Å². The van der Waals surface area contributed by atoms with Gasteiger partial charge in [-0.3, -0.25) is 0 Å². The molecule has 0 spiro atoms. The third-order valence-electron chi connectivity index (χ3n) is 3.51. The summed E-state index contributed by atoms with van der Waals surface area (Å²) in [7, 11) is 0. The van der Waals surface area contributed by atoms with Crippen molar-refractivity contribution in [1.82, 2.24) is 5.32 Å². The van der Waals surface area contributed by atoms with Gasteiger partial charge in [-0.05, 0) is 31.4 Å². The number of hydrogen-bond donors (Lipinski definition) is 1. The lowest BCUT2D eigenvalue weighted by Crippen LogP contribution is -2.33. The highest BCUT2D eigenvalue weighted by molar-refractivity contribution is 8.00. The average molecular weight is 213 g/mol. The maximum Gasteiger partial charge on any atom is 0.0172 e. The second kappa shape index (κ2) is 6.02. The van der Waals surface area contributed by atoms with Crippen LogP contribution in [0.4, 0.5) is 0 Å². The van der Waals surface area contributed by atoms with Gasteiger partial charge in [-0.25, -0.2) is 0 Å². The van der Waals surface area contributed by atoms with E-state index in [1.54, 1.807) is 0 Å². The van der Waals surface area contributed by atoms with Crippen LogP contribution in [0.5, 0.6) is 0 Å². The number of hydrogen-bond acceptors (Lipinski definition) is 2. The number of nitrogens with one attached hydrogen (secondary N) is 1. The highest BCUT2D eigenvalue weighted by Crippen LogP contribution is 2.26. The van der Waals surface area contributed by atoms with E-state index >= 15 is 0 Å². The van der Waals surface area contributed by atoms with Crippen LogP contribution in [0.15, 0.2) is 0 Å². The van der Waals surface area contributed by atoms with Gasteiger partial charge in [0.2, 0.25) is 0 Å². The molecule has 14 heavy (non-hydrogen) atoms. The van der Waals surface area contributed by atoms with Gasteiger partial charge in [0.1, 0.15) is 0 Å². The summed E-state index contributed by atoms with van der Waals surface area (Å²) in [6, 6.07) is 0.846. The normalized spacial score (nSPS) is 30.4. The van der Waals surface area contributed by atoms with Crippen LogP contribution in [-0.4, -0.2) is 23.6 Å². The summed E-state index contributed by atoms with van der Waals surface area (Å²) in [4.78, 5) is 0. The third-order valence-corrected chi connectivity index (χ3v) is 4.91. The highest BCUT2D eigenvalue weighted by atomic mass is 32.2. The summed E-state index contributed by atoms with van der Waals surface area (Å²) < 4.78 is 0. The molecule has 2 heteroatoms. The maximum absolute atomic E-state index is 3.78. The molecular formula is C12H23NS. The zero-order valence-corrected chi connectivity index (χ0v) is 9.95. The van der Waals surface area contributed by atoms with Crippen molar-refractivity contribution < 1.29 is 0 Å². The summed E-state index contributed by atoms with van der Waals surface area (Å²) in [6.07, 6.45) is 11.6. The van der Waals surface area contributed by atoms with Crippen LogP contribution in [0.25, 0.3) is 0 Å². The Kier molecular flexibility index (Phi) is 4.65. The predicted molar refractivity (Wildman–Crippen MR) is 65.0 cm³/mol. The average Bonchev–Trinajstić information content (AvgIpc) is 2.58. The smallest absolute Gasteiger partial charge is 0.0172 e. The Morgan fingerprint density at radius 3 is 2.36 bits per heavy atom. The zero-order chi connectivity index (χ0) is 9.64. The molecule has 1 nitrogen and oxygen atoms in total. The molecule has 0 bridgehead atoms. The minimum Gasteiger partial charge on any atom is -0.313 e. The maximum atomic E-state index is 3.78. The van der Waals surface area contributed by atoms with Gasteiger partial charge in [-0.1, -0.05) is 25.7 Å². The lowest BCUT2D eigenvalue weighted by Gasteiger charge is -2.18. The van der Waals surface area contributed by atoms with Crippen LogP contribution in [0, 0.1) is 0 Å². The summed E-state index contributed by atoms with van der Waals surface area (Å²) >= 11 is 2.17. The lowest BCUT2D eigenvalue weighted by molar-refractivity contribution is 0.457. The molecule has 1 unspecified atom stereocenters. The van der Waals surface area contributed by atoms with Crippen molar-refractivity contribution in [3.63, 3.8) is 0 Å². The molecule has 1 heterocycles. The highest BCUT2D eigenvalue weighted by Gasteiger charge is 2.17. The molecule has 0 aromatic heterocycles. The van der Waals surface area contributed by atoms with Crippen molar-refractivity contribution in [2.75, 3.05) is 12.3 Å². The van der Waals surface area contributed by atoms with Gasteiger partial charge in [-0.15, -0.1) is 0 Å². The molecule has 1 aliphatic heterocycles. The molecule has 82 valence electrons. The summed E-state index contributed by atoms with van der Waals surface area (Å²) in [6.45, 7) is 1.27. The SMILES string of the molecule is C1CCCC(NCC2CCCS2)CC1. The molecule has 1 atom stereocenters. The molecule has 0 amide bonds. The summed E-state index contributed by atoms with van der Waals surface area (Å²) in [5.41, 5.74) is 0. The van der Waals surface area contributed by atoms with E-state index in [0.717, 1.165) is 11.3 Å². The molecule has 2 fully saturated rings. The van der Waals surface area contributed by atoms with Crippen molar-refractivity contribution in [3.05, 3.63) is 0 Å². The van der Waals surface area contributed by atoms with Gasteiger partial charge < -0.3 is 5.32 Å². The van der Waals surface area contributed by atoms with Crippen LogP contribution >= 0.6 is 11.8 Å². The predicted octanol–water partition coefficient (Wildman–Crippen LogP) is 3.19. The summed E-state index contributed by atoms with van der Waals surface area (Å²) in [5, 5.41) is 4.71. The van der Waals surface area contributed by atoms with Gasteiger partial charge in [-0.2, -0.15) is 11.8 Å². The van der Waals surface area contributed by atoms with Gasteiger partial charge in [0.25, 0.3) is 0 Å². The fraction of sp³-hybridized carbons (Fsp3) is 1.00. The first-order chi connectivity index (χ1) is 6.95. The second-order valence-electron chi connectivity index (χ2n) is 4.73. The van der Waals surface area contributed by atoms with Crippen molar-refractivity contribution in [2.45, 2.75) is 62.7 Å². The minimum absolute atomic E-state index is 0.846. The van der Waals surface area contributed by atoms with Crippen LogP contribution in [0.3, 0.4) is 0 Å². The monoisotopic (exact) mass is 213 g/mol. The van der Waals surface area contributed by atoms with Crippen molar-refractivity contribution in [2.24, 2.45) is 0 Å². The lowest BCUT2D eigenvalue weighted by atomic mass is 10.1. The Morgan fingerprint density at radius 1 is 0.929 bits per heavy atom. The van der Waals surface area contributed by atoms with E-state index in [1.165, 1.54) is 63.7 Å². The van der Waals surface area contributed by atoms with E-state index in [-0.39, 0.29) is 0 Å². The number of thioether (sulfide) groups is 1. The third kappa shape index (κ3) is 3.47. The Labute approximate surface area is 92.4 Å². The molecular weight excluding hydrogens is 190 g/mol. The molecule has 2 aliphatic rings. The van der Waals surface area contributed by atoms with E-state index in [0.29, 0.717) is 0 Å². The molecule has 2 rings (SSSR count). The standard InChI is InChI=1S/C12H23NS/c1-2-4-7-11(6-3-1)13-10-12-8-5-9-14-12/h11-13H,1-10H2. The van der Waals surface area contributed by atoms with Crippen LogP contribution < -0.4 is 5.32 Å². The van der Waals surface area contributed by atoms with Crippen LogP contribution in [-0.2, 0) is 0 Å². The molecule has 0 radical (unpaired) electrons. The molecule has 1 N–H and O–H groups in total. The fourth-order valence-corrected chi connectivity index (χ4v) is 3.80. The second-order valence-corrected chi connectivity index (χ2v) is 6.14. The van der Waals surface area contributed by atoms with Crippen molar-refractivity contribution >= 4 is 11.8 Å². The minimum atomic E-state index is 0.846. The first kappa shape index (κ1) is 10.8. The van der Waals surface area contributed by atoms with E-state index < -0.39 is 0 Å². The zero-order valence-electron chi connectivity index (χ0n) is 9.13. The van der Waals surface area contributed by atoms with Crippen molar-refractivity contribution in [3.8, 4) is 0 Å². The van der Waals surface area contributed by atoms with Gasteiger partial charge in [0, 0.05) is 17.8 Å². The molecule has 0 aromatic rings. The first-order valence-electron chi connectivity index (χ1n) is 6.30. The topological polar surface area (TPSA) is 12.0 Å². The van der Waals surface area contributed by atoms with Crippen LogP contribution in [0.2, 0.25) is 0 Å². The van der Waals surface area contributed by atoms with E-state index in [4.69, 9.17) is 0 Å².